The van der Waals surface area contributed by atoms with Crippen LogP contribution in [-0.4, -0.2) is 25.5 Å². The molecular formula is C12H14Cl2N2O. The number of nitrogens with zero attached hydrogens (tertiary/aromatic N) is 1. The normalized spacial score (nSPS) is 20.8. The van der Waals surface area contributed by atoms with Crippen molar-refractivity contribution in [2.75, 3.05) is 18.5 Å². The largest absolute Gasteiger partial charge is 0.310 e. The van der Waals surface area contributed by atoms with Crippen LogP contribution in [0.5, 0.6) is 0 Å². The zero-order valence-electron chi connectivity index (χ0n) is 9.54. The monoisotopic (exact) mass is 272 g/mol. The quantitative estimate of drug-likeness (QED) is 0.898. The summed E-state index contributed by atoms with van der Waals surface area (Å²) in [6.07, 6.45) is 1.82. The van der Waals surface area contributed by atoms with Gasteiger partial charge in [-0.05, 0) is 38.1 Å². The first-order valence-corrected chi connectivity index (χ1v) is 6.33. The molecule has 1 aromatic carbocycles. The van der Waals surface area contributed by atoms with E-state index in [0.29, 0.717) is 22.3 Å². The molecule has 0 spiro atoms. The van der Waals surface area contributed by atoms with Crippen molar-refractivity contribution < 1.29 is 4.79 Å². The van der Waals surface area contributed by atoms with Crippen LogP contribution in [0.3, 0.4) is 0 Å². The molecule has 1 aromatic rings. The molecule has 17 heavy (non-hydrogen) atoms. The minimum Gasteiger partial charge on any atom is -0.310 e. The molecule has 1 aliphatic heterocycles. The fourth-order valence-corrected chi connectivity index (χ4v) is 2.46. The number of likely N-dealkylation sites (N-methyl/N-ethyl adjacent to an activating group) is 1. The Morgan fingerprint density at radius 3 is 2.88 bits per heavy atom. The van der Waals surface area contributed by atoms with Crippen LogP contribution in [0.1, 0.15) is 12.8 Å². The van der Waals surface area contributed by atoms with Crippen LogP contribution >= 0.6 is 23.2 Å². The molecule has 1 saturated heterocycles. The van der Waals surface area contributed by atoms with Crippen LogP contribution in [0.15, 0.2) is 18.2 Å². The smallest absolute Gasteiger partial charge is 0.244 e. The third-order valence-corrected chi connectivity index (χ3v) is 3.54. The van der Waals surface area contributed by atoms with Crippen molar-refractivity contribution >= 4 is 34.8 Å². The van der Waals surface area contributed by atoms with E-state index in [4.69, 9.17) is 23.2 Å². The molecule has 0 aromatic heterocycles. The number of rotatable bonds is 2. The zero-order valence-corrected chi connectivity index (χ0v) is 11.1. The van der Waals surface area contributed by atoms with Gasteiger partial charge in [-0.1, -0.05) is 23.2 Å². The number of carbonyl (C=O) groups is 1. The van der Waals surface area contributed by atoms with Gasteiger partial charge in [-0.15, -0.1) is 0 Å². The Kier molecular flexibility index (Phi) is 3.92. The highest BCUT2D eigenvalue weighted by atomic mass is 35.5. The Balaban J connectivity index is 2.32. The summed E-state index contributed by atoms with van der Waals surface area (Å²) in [4.78, 5) is 13.9. The van der Waals surface area contributed by atoms with Crippen molar-refractivity contribution in [1.29, 1.82) is 0 Å². The molecule has 1 heterocycles. The zero-order chi connectivity index (χ0) is 12.4. The minimum absolute atomic E-state index is 0.0583. The standard InChI is InChI=1S/C12H14Cl2N2O/c1-15-10-3-2-6-16(12(10)17)11-7-8(13)4-5-9(11)14/h4-5,7,10,15H,2-3,6H2,1H3. The Morgan fingerprint density at radius 2 is 2.18 bits per heavy atom. The van der Waals surface area contributed by atoms with E-state index < -0.39 is 0 Å². The fraction of sp³-hybridized carbons (Fsp3) is 0.417. The Labute approximate surface area is 111 Å². The summed E-state index contributed by atoms with van der Waals surface area (Å²) in [5.41, 5.74) is 0.698. The number of hydrogen-bond donors (Lipinski definition) is 1. The molecule has 0 radical (unpaired) electrons. The molecule has 0 saturated carbocycles. The van der Waals surface area contributed by atoms with E-state index in [9.17, 15) is 4.79 Å². The highest BCUT2D eigenvalue weighted by Gasteiger charge is 2.29. The summed E-state index contributed by atoms with van der Waals surface area (Å²) >= 11 is 12.1. The maximum atomic E-state index is 12.2. The lowest BCUT2D eigenvalue weighted by atomic mass is 10.0. The molecular weight excluding hydrogens is 259 g/mol. The maximum Gasteiger partial charge on any atom is 0.244 e. The molecule has 1 N–H and O–H groups in total. The lowest BCUT2D eigenvalue weighted by Gasteiger charge is -2.32. The van der Waals surface area contributed by atoms with Gasteiger partial charge in [-0.25, -0.2) is 0 Å². The van der Waals surface area contributed by atoms with Gasteiger partial charge in [-0.3, -0.25) is 4.79 Å². The molecule has 1 unspecified atom stereocenters. The van der Waals surface area contributed by atoms with E-state index in [1.54, 1.807) is 30.1 Å². The molecule has 3 nitrogen and oxygen atoms in total. The number of benzene rings is 1. The van der Waals surface area contributed by atoms with Crippen LogP contribution in [0.2, 0.25) is 10.0 Å². The average molecular weight is 273 g/mol. The van der Waals surface area contributed by atoms with Gasteiger partial charge in [0.05, 0.1) is 16.8 Å². The van der Waals surface area contributed by atoms with E-state index in [0.717, 1.165) is 12.8 Å². The first kappa shape index (κ1) is 12.7. The number of amides is 1. The van der Waals surface area contributed by atoms with Gasteiger partial charge in [0.1, 0.15) is 0 Å². The number of nitrogens with one attached hydrogen (secondary N) is 1. The van der Waals surface area contributed by atoms with E-state index in [-0.39, 0.29) is 11.9 Å². The van der Waals surface area contributed by atoms with E-state index >= 15 is 0 Å². The highest BCUT2D eigenvalue weighted by Crippen LogP contribution is 2.31. The summed E-state index contributed by atoms with van der Waals surface area (Å²) in [5.74, 6) is 0.0583. The Hall–Kier alpha value is -0.770. The second-order valence-electron chi connectivity index (χ2n) is 4.07. The topological polar surface area (TPSA) is 32.3 Å². The molecule has 0 aliphatic carbocycles. The number of hydrogen-bond acceptors (Lipinski definition) is 2. The fourth-order valence-electron chi connectivity index (χ4n) is 2.07. The lowest BCUT2D eigenvalue weighted by Crippen LogP contribution is -2.49. The van der Waals surface area contributed by atoms with Gasteiger partial charge in [0, 0.05) is 11.6 Å². The van der Waals surface area contributed by atoms with Gasteiger partial charge in [-0.2, -0.15) is 0 Å². The summed E-state index contributed by atoms with van der Waals surface area (Å²) in [6, 6.07) is 5.05. The summed E-state index contributed by atoms with van der Waals surface area (Å²) in [5, 5.41) is 4.16. The number of anilines is 1. The van der Waals surface area contributed by atoms with Crippen LogP contribution in [0, 0.1) is 0 Å². The lowest BCUT2D eigenvalue weighted by molar-refractivity contribution is -0.121. The second-order valence-corrected chi connectivity index (χ2v) is 4.91. The predicted octanol–water partition coefficient (Wildman–Crippen LogP) is 2.71. The highest BCUT2D eigenvalue weighted by molar-refractivity contribution is 6.35. The van der Waals surface area contributed by atoms with Gasteiger partial charge in [0.25, 0.3) is 0 Å². The van der Waals surface area contributed by atoms with Crippen LogP contribution in [0.25, 0.3) is 0 Å². The molecule has 0 bridgehead atoms. The van der Waals surface area contributed by atoms with Gasteiger partial charge in [0.15, 0.2) is 0 Å². The molecule has 5 heteroatoms. The second kappa shape index (κ2) is 5.25. The van der Waals surface area contributed by atoms with Crippen molar-refractivity contribution in [3.63, 3.8) is 0 Å². The van der Waals surface area contributed by atoms with E-state index in [1.165, 1.54) is 0 Å². The number of halogens is 2. The molecule has 2 rings (SSSR count). The van der Waals surface area contributed by atoms with Crippen LogP contribution in [-0.2, 0) is 4.79 Å². The molecule has 1 aliphatic rings. The number of piperidine rings is 1. The van der Waals surface area contributed by atoms with Crippen molar-refractivity contribution in [2.45, 2.75) is 18.9 Å². The first-order chi connectivity index (χ1) is 8.13. The Bertz CT molecular complexity index is 437. The van der Waals surface area contributed by atoms with Crippen molar-refractivity contribution in [1.82, 2.24) is 5.32 Å². The van der Waals surface area contributed by atoms with Gasteiger partial charge in [0.2, 0.25) is 5.91 Å². The predicted molar refractivity (Wildman–Crippen MR) is 70.9 cm³/mol. The summed E-state index contributed by atoms with van der Waals surface area (Å²) < 4.78 is 0. The van der Waals surface area contributed by atoms with Crippen LogP contribution in [0.4, 0.5) is 5.69 Å². The van der Waals surface area contributed by atoms with Gasteiger partial charge < -0.3 is 10.2 Å². The minimum atomic E-state index is -0.126. The van der Waals surface area contributed by atoms with Crippen molar-refractivity contribution in [3.8, 4) is 0 Å². The Morgan fingerprint density at radius 1 is 1.41 bits per heavy atom. The molecule has 92 valence electrons. The molecule has 1 atom stereocenters. The molecule has 1 fully saturated rings. The average Bonchev–Trinajstić information content (AvgIpc) is 2.33. The first-order valence-electron chi connectivity index (χ1n) is 5.57. The summed E-state index contributed by atoms with van der Waals surface area (Å²) in [7, 11) is 1.80. The van der Waals surface area contributed by atoms with Gasteiger partial charge >= 0.3 is 0 Å². The third-order valence-electron chi connectivity index (χ3n) is 2.99. The van der Waals surface area contributed by atoms with Crippen LogP contribution < -0.4 is 10.2 Å². The maximum absolute atomic E-state index is 12.2. The third kappa shape index (κ3) is 2.57. The van der Waals surface area contributed by atoms with E-state index in [1.807, 2.05) is 0 Å². The van der Waals surface area contributed by atoms with Crippen molar-refractivity contribution in [2.24, 2.45) is 0 Å². The van der Waals surface area contributed by atoms with Crippen molar-refractivity contribution in [3.05, 3.63) is 28.2 Å². The number of carbonyl (C=O) groups excluding carboxylic acids is 1. The van der Waals surface area contributed by atoms with E-state index in [2.05, 4.69) is 5.32 Å². The SMILES string of the molecule is CNC1CCCN(c2cc(Cl)ccc2Cl)C1=O. The summed E-state index contributed by atoms with van der Waals surface area (Å²) in [6.45, 7) is 0.692. The molecule has 1 amide bonds.